The van der Waals surface area contributed by atoms with E-state index in [0.717, 1.165) is 6.20 Å². The van der Waals surface area contributed by atoms with Gasteiger partial charge in [0.15, 0.2) is 0 Å². The minimum atomic E-state index is -4.89. The van der Waals surface area contributed by atoms with Crippen molar-refractivity contribution in [3.05, 3.63) is 51.2 Å². The molecular weight excluding hydrogens is 420 g/mol. The van der Waals surface area contributed by atoms with Crippen molar-refractivity contribution in [1.29, 1.82) is 0 Å². The number of amides is 1. The van der Waals surface area contributed by atoms with Gasteiger partial charge in [-0.2, -0.15) is 18.3 Å². The maximum Gasteiger partial charge on any atom is 0.423 e. The molecule has 0 aliphatic carbocycles. The van der Waals surface area contributed by atoms with Crippen molar-refractivity contribution in [3.63, 3.8) is 0 Å². The summed E-state index contributed by atoms with van der Waals surface area (Å²) in [6.07, 6.45) is -2.95. The Morgan fingerprint density at radius 2 is 1.87 bits per heavy atom. The number of alkyl halides is 3. The third-order valence-electron chi connectivity index (χ3n) is 5.67. The Kier molecular flexibility index (Phi) is 5.36. The largest absolute Gasteiger partial charge is 0.490 e. The number of rotatable bonds is 3. The van der Waals surface area contributed by atoms with E-state index in [0.29, 0.717) is 37.2 Å². The van der Waals surface area contributed by atoms with Gasteiger partial charge in [-0.3, -0.25) is 9.59 Å². The highest BCUT2D eigenvalue weighted by Gasteiger charge is 2.40. The molecule has 0 radical (unpaired) electrons. The molecule has 3 heterocycles. The zero-order valence-corrected chi connectivity index (χ0v) is 16.6. The summed E-state index contributed by atoms with van der Waals surface area (Å²) < 4.78 is 60.8. The van der Waals surface area contributed by atoms with Gasteiger partial charge in [0.05, 0.1) is 11.9 Å². The van der Waals surface area contributed by atoms with Crippen LogP contribution in [0.2, 0.25) is 0 Å². The summed E-state index contributed by atoms with van der Waals surface area (Å²) in [5.41, 5.74) is -2.45. The fourth-order valence-corrected chi connectivity index (χ4v) is 4.08. The van der Waals surface area contributed by atoms with E-state index in [1.807, 2.05) is 0 Å². The first-order valence-electron chi connectivity index (χ1n) is 9.77. The van der Waals surface area contributed by atoms with Crippen LogP contribution in [0, 0.1) is 5.82 Å². The summed E-state index contributed by atoms with van der Waals surface area (Å²) in [5, 5.41) is 5.29. The number of carbonyl (C=O) groups is 1. The second-order valence-electron chi connectivity index (χ2n) is 7.64. The fraction of sp³-hybridized carbons (Fsp3) is 0.450. The number of nitrogens with one attached hydrogen (secondary N) is 1. The minimum absolute atomic E-state index is 0.0105. The second kappa shape index (κ2) is 7.86. The fourth-order valence-electron chi connectivity index (χ4n) is 4.08. The van der Waals surface area contributed by atoms with E-state index < -0.39 is 28.8 Å². The molecule has 4 rings (SSSR count). The zero-order valence-electron chi connectivity index (χ0n) is 16.6. The van der Waals surface area contributed by atoms with Crippen molar-refractivity contribution in [2.75, 3.05) is 18.0 Å². The lowest BCUT2D eigenvalue weighted by molar-refractivity contribution is -0.138. The molecule has 2 aromatic rings. The quantitative estimate of drug-likeness (QED) is 0.743. The number of H-pyrrole nitrogens is 1. The number of benzene rings is 1. The molecule has 11 heteroatoms. The maximum absolute atomic E-state index is 14.5. The topological polar surface area (TPSA) is 78.5 Å². The second-order valence-corrected chi connectivity index (χ2v) is 7.64. The lowest BCUT2D eigenvalue weighted by atomic mass is 10.1. The first-order chi connectivity index (χ1) is 14.6. The number of hydrogen-bond donors (Lipinski definition) is 1. The molecule has 1 aromatic carbocycles. The van der Waals surface area contributed by atoms with E-state index in [9.17, 15) is 27.2 Å². The zero-order chi connectivity index (χ0) is 22.3. The van der Waals surface area contributed by atoms with Crippen LogP contribution in [-0.4, -0.2) is 40.2 Å². The molecule has 1 aromatic heterocycles. The van der Waals surface area contributed by atoms with Crippen molar-refractivity contribution < 1.29 is 27.1 Å². The molecule has 1 N–H and O–H groups in total. The van der Waals surface area contributed by atoms with E-state index in [-0.39, 0.29) is 30.7 Å². The van der Waals surface area contributed by atoms with Gasteiger partial charge in [-0.15, -0.1) is 0 Å². The molecule has 7 nitrogen and oxygen atoms in total. The van der Waals surface area contributed by atoms with Crippen LogP contribution in [0.5, 0.6) is 5.75 Å². The number of hydrogen-bond acceptors (Lipinski definition) is 5. The number of anilines is 1. The molecule has 0 spiro atoms. The average molecular weight is 440 g/mol. The van der Waals surface area contributed by atoms with E-state index in [1.165, 1.54) is 24.0 Å². The standard InChI is InChI=1S/C20H20F4N4O3/c1-11(29)27-6-4-12(5-7-27)31-17-3-2-15(21)13-9-28(10-14(13)17)16-8-25-26-19(30)18(16)20(22,23)24/h2-3,8,12H,4-7,9-10H2,1H3,(H,26,30). The molecule has 0 bridgehead atoms. The Labute approximate surface area is 174 Å². The van der Waals surface area contributed by atoms with Crippen molar-refractivity contribution in [2.45, 2.75) is 45.1 Å². The monoisotopic (exact) mass is 440 g/mol. The number of piperidine rings is 1. The van der Waals surface area contributed by atoms with Crippen molar-refractivity contribution in [3.8, 4) is 5.75 Å². The Hall–Kier alpha value is -3.11. The normalized spacial score (nSPS) is 17.1. The maximum atomic E-state index is 14.5. The predicted molar refractivity (Wildman–Crippen MR) is 102 cm³/mol. The van der Waals surface area contributed by atoms with Crippen molar-refractivity contribution in [1.82, 2.24) is 15.1 Å². The number of likely N-dealkylation sites (tertiary alicyclic amines) is 1. The lowest BCUT2D eigenvalue weighted by Crippen LogP contribution is -2.40. The highest BCUT2D eigenvalue weighted by molar-refractivity contribution is 5.73. The SMILES string of the molecule is CC(=O)N1CCC(Oc2ccc(F)c3c2CN(c2cn[nH]c(=O)c2C(F)(F)F)C3)CC1. The number of carbonyl (C=O) groups excluding carboxylic acids is 1. The molecule has 1 saturated heterocycles. The number of fused-ring (bicyclic) bond motifs is 1. The van der Waals surface area contributed by atoms with Crippen LogP contribution in [0.1, 0.15) is 36.5 Å². The summed E-state index contributed by atoms with van der Waals surface area (Å²) in [7, 11) is 0. The number of ether oxygens (including phenoxy) is 1. The molecule has 0 unspecified atom stereocenters. The molecule has 1 fully saturated rings. The van der Waals surface area contributed by atoms with Gasteiger partial charge in [-0.25, -0.2) is 9.49 Å². The molecule has 31 heavy (non-hydrogen) atoms. The predicted octanol–water partition coefficient (Wildman–Crippen LogP) is 2.84. The van der Waals surface area contributed by atoms with Crippen LogP contribution < -0.4 is 15.2 Å². The van der Waals surface area contributed by atoms with E-state index in [2.05, 4.69) is 5.10 Å². The van der Waals surface area contributed by atoms with E-state index >= 15 is 0 Å². The third-order valence-corrected chi connectivity index (χ3v) is 5.67. The van der Waals surface area contributed by atoms with Crippen LogP contribution >= 0.6 is 0 Å². The van der Waals surface area contributed by atoms with Gasteiger partial charge in [0.25, 0.3) is 5.56 Å². The van der Waals surface area contributed by atoms with Crippen LogP contribution in [0.3, 0.4) is 0 Å². The van der Waals surface area contributed by atoms with Crippen molar-refractivity contribution in [2.24, 2.45) is 0 Å². The summed E-state index contributed by atoms with van der Waals surface area (Å²) in [6, 6.07) is 2.69. The van der Waals surface area contributed by atoms with E-state index in [1.54, 1.807) is 10.00 Å². The summed E-state index contributed by atoms with van der Waals surface area (Å²) in [4.78, 5) is 26.3. The lowest BCUT2D eigenvalue weighted by Gasteiger charge is -2.32. The summed E-state index contributed by atoms with van der Waals surface area (Å²) in [5.74, 6) is -0.169. The Bertz CT molecular complexity index is 1060. The van der Waals surface area contributed by atoms with Crippen molar-refractivity contribution >= 4 is 11.6 Å². The van der Waals surface area contributed by atoms with Gasteiger partial charge >= 0.3 is 6.18 Å². The Balaban J connectivity index is 1.59. The first kappa shape index (κ1) is 21.1. The number of aromatic nitrogens is 2. The Morgan fingerprint density at radius 3 is 2.52 bits per heavy atom. The number of aromatic amines is 1. The Morgan fingerprint density at radius 1 is 1.19 bits per heavy atom. The molecular formula is C20H20F4N4O3. The molecule has 0 saturated carbocycles. The van der Waals surface area contributed by atoms with Crippen LogP contribution in [-0.2, 0) is 24.1 Å². The van der Waals surface area contributed by atoms with Crippen LogP contribution in [0.25, 0.3) is 0 Å². The van der Waals surface area contributed by atoms with E-state index in [4.69, 9.17) is 4.74 Å². The smallest absolute Gasteiger partial charge is 0.423 e. The summed E-state index contributed by atoms with van der Waals surface area (Å²) >= 11 is 0. The molecule has 0 atom stereocenters. The molecule has 1 amide bonds. The van der Waals surface area contributed by atoms with Gasteiger partial charge < -0.3 is 14.5 Å². The van der Waals surface area contributed by atoms with Gasteiger partial charge in [-0.05, 0) is 12.1 Å². The van der Waals surface area contributed by atoms with Crippen LogP contribution in [0.4, 0.5) is 23.2 Å². The van der Waals surface area contributed by atoms with Gasteiger partial charge in [0.1, 0.15) is 23.2 Å². The first-order valence-corrected chi connectivity index (χ1v) is 9.77. The van der Waals surface area contributed by atoms with Crippen LogP contribution in [0.15, 0.2) is 23.1 Å². The highest BCUT2D eigenvalue weighted by atomic mass is 19.4. The van der Waals surface area contributed by atoms with Gasteiger partial charge in [0.2, 0.25) is 5.91 Å². The molecule has 166 valence electrons. The average Bonchev–Trinajstić information content (AvgIpc) is 3.16. The van der Waals surface area contributed by atoms with Gasteiger partial charge in [0, 0.05) is 57.1 Å². The molecule has 2 aliphatic rings. The highest BCUT2D eigenvalue weighted by Crippen LogP contribution is 2.40. The number of halogens is 4. The minimum Gasteiger partial charge on any atom is -0.490 e. The summed E-state index contributed by atoms with van der Waals surface area (Å²) in [6.45, 7) is 2.39. The van der Waals surface area contributed by atoms with Gasteiger partial charge in [-0.1, -0.05) is 0 Å². The number of nitrogens with zero attached hydrogens (tertiary/aromatic N) is 3. The molecule has 2 aliphatic heterocycles. The third kappa shape index (κ3) is 4.08.